The monoisotopic (exact) mass is 711 g/mol. The van der Waals surface area contributed by atoms with Crippen molar-refractivity contribution < 1.29 is 48.7 Å². The number of Topliss-reactive ketones (excluding diaryl/α,β-unsaturated/α-hetero) is 1. The Morgan fingerprint density at radius 3 is 2.38 bits per heavy atom. The van der Waals surface area contributed by atoms with Crippen LogP contribution in [0.15, 0.2) is 5.16 Å². The number of nitrogens with one attached hydrogen (secondary N) is 1. The van der Waals surface area contributed by atoms with Crippen LogP contribution in [-0.2, 0) is 33.4 Å². The molecule has 50 heavy (non-hydrogen) atoms. The van der Waals surface area contributed by atoms with Gasteiger partial charge in [0.2, 0.25) is 0 Å². The minimum atomic E-state index is -1.89. The third-order valence-electron chi connectivity index (χ3n) is 10.7. The molecule has 2 aliphatic rings. The molecule has 2 rings (SSSR count). The van der Waals surface area contributed by atoms with Crippen LogP contribution >= 0.6 is 0 Å². The van der Waals surface area contributed by atoms with Crippen LogP contribution < -0.4 is 5.32 Å². The molecule has 0 aromatic carbocycles. The van der Waals surface area contributed by atoms with E-state index in [1.807, 2.05) is 32.8 Å². The van der Waals surface area contributed by atoms with Crippen molar-refractivity contribution in [1.82, 2.24) is 10.2 Å². The van der Waals surface area contributed by atoms with Gasteiger partial charge in [-0.1, -0.05) is 32.9 Å². The molecule has 0 aromatic heterocycles. The summed E-state index contributed by atoms with van der Waals surface area (Å²) < 4.78 is 24.8. The first kappa shape index (κ1) is 44.0. The Morgan fingerprint density at radius 1 is 1.14 bits per heavy atom. The number of ketones is 1. The molecule has 4 N–H and O–H groups in total. The van der Waals surface area contributed by atoms with Gasteiger partial charge in [0.15, 0.2) is 12.1 Å². The molecule has 13 heteroatoms. The molecule has 0 radical (unpaired) electrons. The highest BCUT2D eigenvalue weighted by molar-refractivity contribution is 6.00. The summed E-state index contributed by atoms with van der Waals surface area (Å²) in [5.41, 5.74) is -2.66. The van der Waals surface area contributed by atoms with Crippen LogP contribution in [0, 0.1) is 36.0 Å². The van der Waals surface area contributed by atoms with E-state index in [0.29, 0.717) is 38.1 Å². The first-order valence-corrected chi connectivity index (χ1v) is 18.1. The molecule has 288 valence electrons. The predicted molar refractivity (Wildman–Crippen MR) is 190 cm³/mol. The van der Waals surface area contributed by atoms with Crippen molar-refractivity contribution in [2.75, 3.05) is 40.9 Å². The third kappa shape index (κ3) is 10.7. The molecule has 2 saturated heterocycles. The van der Waals surface area contributed by atoms with Crippen LogP contribution in [0.1, 0.15) is 87.5 Å². The van der Waals surface area contributed by atoms with Crippen molar-refractivity contribution in [2.24, 2.45) is 28.8 Å². The number of terminal acetylenes is 1. The van der Waals surface area contributed by atoms with Gasteiger partial charge in [-0.25, -0.2) is 0 Å². The standard InChI is InChI=1S/C37H65N3O10/c1-13-15-18-40(11)27-20-23(4)48-35(31(27)42)50-33-25(6)30(41)26(7)34(44)49-28(14-2)37(9,45)32(43)24(5)29(39-47-19-16-17-38-10)22(3)21-36(33,8)46-12/h1,22-28,31-33,35,38,42-43,45H,14-21H2,2-12H3/b39-29+/t22-,23-,24+,25+,26-,27+,28-,31-,32-,33-,35+,36-,37-/m1/s1. The Kier molecular flexibility index (Phi) is 17.3. The molecule has 0 saturated carbocycles. The number of methoxy groups -OCH3 is 1. The summed E-state index contributed by atoms with van der Waals surface area (Å²) in [6.45, 7) is 15.2. The molecular formula is C37H65N3O10. The van der Waals surface area contributed by atoms with Gasteiger partial charge in [-0.05, 0) is 74.0 Å². The van der Waals surface area contributed by atoms with Crippen LogP contribution in [0.3, 0.4) is 0 Å². The maximum Gasteiger partial charge on any atom is 0.316 e. The van der Waals surface area contributed by atoms with Gasteiger partial charge in [-0.15, -0.1) is 12.3 Å². The maximum absolute atomic E-state index is 14.1. The van der Waals surface area contributed by atoms with Crippen molar-refractivity contribution in [3.63, 3.8) is 0 Å². The van der Waals surface area contributed by atoms with Gasteiger partial charge in [-0.3, -0.25) is 14.5 Å². The Bertz CT molecular complexity index is 1160. The van der Waals surface area contributed by atoms with E-state index in [9.17, 15) is 24.9 Å². The van der Waals surface area contributed by atoms with Gasteiger partial charge < -0.3 is 44.4 Å². The fraction of sp³-hybridized carbons (Fsp3) is 0.865. The van der Waals surface area contributed by atoms with Gasteiger partial charge in [0.05, 0.1) is 29.6 Å². The molecule has 13 nitrogen and oxygen atoms in total. The van der Waals surface area contributed by atoms with Gasteiger partial charge in [0.1, 0.15) is 30.3 Å². The van der Waals surface area contributed by atoms with E-state index in [1.54, 1.807) is 27.7 Å². The lowest BCUT2D eigenvalue weighted by Crippen LogP contribution is -2.60. The third-order valence-corrected chi connectivity index (χ3v) is 10.7. The molecule has 0 aliphatic carbocycles. The predicted octanol–water partition coefficient (Wildman–Crippen LogP) is 2.53. The molecule has 13 atom stereocenters. The second-order valence-corrected chi connectivity index (χ2v) is 14.7. The number of aliphatic hydroxyl groups excluding tert-OH is 2. The van der Waals surface area contributed by atoms with Crippen molar-refractivity contribution in [3.05, 3.63) is 0 Å². The largest absolute Gasteiger partial charge is 0.459 e. The SMILES string of the molecule is C#CCCN(C)[C@H]1C[C@@H](C)O[C@@H](O[C@@H]2[C@@H](C)C(=O)[C@@H](C)C(=O)O[C@H](CC)[C@@](C)(O)[C@H](O)[C@@H](C)/C(=N/OCCCNC)[C@H](C)C[C@@]2(C)OC)[C@@H]1O. The van der Waals surface area contributed by atoms with E-state index in [1.165, 1.54) is 21.0 Å². The summed E-state index contributed by atoms with van der Waals surface area (Å²) in [6, 6.07) is -0.330. The Balaban J connectivity index is 2.69. The summed E-state index contributed by atoms with van der Waals surface area (Å²) in [6.07, 6.45) is 1.57. The number of likely N-dealkylation sites (N-methyl/N-ethyl adjacent to an activating group) is 1. The minimum absolute atomic E-state index is 0.182. The minimum Gasteiger partial charge on any atom is -0.459 e. The molecule has 0 amide bonds. The lowest BCUT2D eigenvalue weighted by molar-refractivity contribution is -0.295. The van der Waals surface area contributed by atoms with E-state index >= 15 is 0 Å². The van der Waals surface area contributed by atoms with E-state index in [2.05, 4.69) is 16.4 Å². The molecule has 2 heterocycles. The van der Waals surface area contributed by atoms with Crippen LogP contribution in [-0.4, -0.2) is 133 Å². The van der Waals surface area contributed by atoms with Gasteiger partial charge in [-0.2, -0.15) is 0 Å². The smallest absolute Gasteiger partial charge is 0.316 e. The van der Waals surface area contributed by atoms with Crippen LogP contribution in [0.2, 0.25) is 0 Å². The lowest BCUT2D eigenvalue weighted by atomic mass is 9.74. The topological polar surface area (TPSA) is 169 Å². The molecule has 0 unspecified atom stereocenters. The van der Waals surface area contributed by atoms with Gasteiger partial charge in [0, 0.05) is 43.9 Å². The molecule has 0 bridgehead atoms. The number of rotatable bonds is 12. The van der Waals surface area contributed by atoms with Gasteiger partial charge in [0.25, 0.3) is 0 Å². The average molecular weight is 712 g/mol. The maximum atomic E-state index is 14.1. The number of esters is 1. The molecular weight excluding hydrogens is 646 g/mol. The number of hydrogen-bond donors (Lipinski definition) is 4. The lowest BCUT2D eigenvalue weighted by Gasteiger charge is -2.47. The number of carbonyl (C=O) groups is 2. The summed E-state index contributed by atoms with van der Waals surface area (Å²) in [4.78, 5) is 35.4. The summed E-state index contributed by atoms with van der Waals surface area (Å²) >= 11 is 0. The first-order chi connectivity index (χ1) is 23.4. The van der Waals surface area contributed by atoms with Crippen LogP contribution in [0.5, 0.6) is 0 Å². The number of hydrogen-bond acceptors (Lipinski definition) is 13. The zero-order valence-corrected chi connectivity index (χ0v) is 32.2. The summed E-state index contributed by atoms with van der Waals surface area (Å²) in [5.74, 6) is -2.03. The normalized spacial score (nSPS) is 40.3. The van der Waals surface area contributed by atoms with Crippen LogP contribution in [0.4, 0.5) is 0 Å². The highest BCUT2D eigenvalue weighted by Crippen LogP contribution is 2.38. The van der Waals surface area contributed by atoms with E-state index < -0.39 is 77.3 Å². The summed E-state index contributed by atoms with van der Waals surface area (Å²) in [5, 5.41) is 42.5. The van der Waals surface area contributed by atoms with E-state index in [0.717, 1.165) is 6.54 Å². The van der Waals surface area contributed by atoms with E-state index in [-0.39, 0.29) is 25.0 Å². The molecule has 0 aromatic rings. The number of carbonyl (C=O) groups excluding carboxylic acids is 2. The Labute approximate surface area is 299 Å². The molecule has 2 fully saturated rings. The average Bonchev–Trinajstić information content (AvgIpc) is 3.08. The van der Waals surface area contributed by atoms with Crippen molar-refractivity contribution in [1.29, 1.82) is 0 Å². The second kappa shape index (κ2) is 19.6. The second-order valence-electron chi connectivity index (χ2n) is 14.7. The molecule has 0 spiro atoms. The van der Waals surface area contributed by atoms with Crippen molar-refractivity contribution >= 4 is 17.5 Å². The quantitative estimate of drug-likeness (QED) is 0.0769. The number of nitrogens with zero attached hydrogens (tertiary/aromatic N) is 2. The number of oxime groups is 1. The zero-order chi connectivity index (χ0) is 38.0. The zero-order valence-electron chi connectivity index (χ0n) is 32.2. The Morgan fingerprint density at radius 2 is 1.80 bits per heavy atom. The fourth-order valence-corrected chi connectivity index (χ4v) is 7.38. The van der Waals surface area contributed by atoms with Crippen molar-refractivity contribution in [2.45, 2.75) is 142 Å². The highest BCUT2D eigenvalue weighted by atomic mass is 16.7. The number of cyclic esters (lactones) is 1. The Hall–Kier alpha value is -2.15. The van der Waals surface area contributed by atoms with Crippen LogP contribution in [0.25, 0.3) is 0 Å². The first-order valence-electron chi connectivity index (χ1n) is 18.1. The van der Waals surface area contributed by atoms with E-state index in [4.69, 9.17) is 30.2 Å². The van der Waals surface area contributed by atoms with Gasteiger partial charge >= 0.3 is 5.97 Å². The van der Waals surface area contributed by atoms with Crippen molar-refractivity contribution in [3.8, 4) is 12.3 Å². The summed E-state index contributed by atoms with van der Waals surface area (Å²) in [7, 11) is 5.24. The fourth-order valence-electron chi connectivity index (χ4n) is 7.38. The highest BCUT2D eigenvalue weighted by Gasteiger charge is 2.51. The molecule has 2 aliphatic heterocycles. The number of aliphatic hydroxyl groups is 3. The number of ether oxygens (including phenoxy) is 4.